The number of nitrogens with one attached hydrogen (secondary N) is 2. The van der Waals surface area contributed by atoms with Crippen LogP contribution < -0.4 is 22.1 Å². The zero-order valence-corrected chi connectivity index (χ0v) is 23.6. The monoisotopic (exact) mass is 576 g/mol. The number of amides is 2. The third-order valence-electron chi connectivity index (χ3n) is 7.77. The van der Waals surface area contributed by atoms with Crippen LogP contribution in [0.3, 0.4) is 0 Å². The van der Waals surface area contributed by atoms with Gasteiger partial charge in [0.2, 0.25) is 11.8 Å². The normalized spacial score (nSPS) is 22.3. The summed E-state index contributed by atoms with van der Waals surface area (Å²) < 4.78 is 0. The topological polar surface area (TPSA) is 184 Å². The van der Waals surface area contributed by atoms with Gasteiger partial charge in [-0.2, -0.15) is 0 Å². The Labute approximate surface area is 245 Å². The number of nitrogens with zero attached hydrogens (tertiary/aromatic N) is 2. The first-order chi connectivity index (χ1) is 20.2. The summed E-state index contributed by atoms with van der Waals surface area (Å²) in [6.45, 7) is 1.36. The van der Waals surface area contributed by atoms with Gasteiger partial charge >= 0.3 is 5.97 Å². The Hall–Kier alpha value is -4.06. The maximum atomic E-state index is 12.9. The van der Waals surface area contributed by atoms with E-state index in [0.29, 0.717) is 37.5 Å². The molecule has 1 aromatic heterocycles. The molecule has 0 bridgehead atoms. The fraction of sp³-hybridized carbons (Fsp3) is 0.419. The summed E-state index contributed by atoms with van der Waals surface area (Å²) in [6, 6.07) is 17.5. The van der Waals surface area contributed by atoms with E-state index >= 15 is 0 Å². The molecule has 5 rings (SSSR count). The summed E-state index contributed by atoms with van der Waals surface area (Å²) in [5.41, 5.74) is 13.9. The van der Waals surface area contributed by atoms with Crippen LogP contribution in [0.5, 0.6) is 0 Å². The van der Waals surface area contributed by atoms with Crippen molar-refractivity contribution in [2.75, 3.05) is 25.4 Å². The molecule has 0 radical (unpaired) electrons. The van der Waals surface area contributed by atoms with Gasteiger partial charge in [0.25, 0.3) is 0 Å². The van der Waals surface area contributed by atoms with Gasteiger partial charge in [-0.3, -0.25) is 14.6 Å². The first-order valence-electron chi connectivity index (χ1n) is 14.3. The number of fused-ring (bicyclic) bond motifs is 1. The molecule has 2 aliphatic heterocycles. The van der Waals surface area contributed by atoms with Crippen LogP contribution in [-0.2, 0) is 20.8 Å². The molecule has 2 aromatic carbocycles. The molecule has 42 heavy (non-hydrogen) atoms. The first-order valence-corrected chi connectivity index (χ1v) is 14.3. The molecule has 3 heterocycles. The highest BCUT2D eigenvalue weighted by Crippen LogP contribution is 2.24. The predicted molar refractivity (Wildman–Crippen MR) is 160 cm³/mol. The highest BCUT2D eigenvalue weighted by Gasteiger charge is 2.43. The molecule has 2 aliphatic rings. The van der Waals surface area contributed by atoms with Gasteiger partial charge in [-0.25, -0.2) is 4.79 Å². The van der Waals surface area contributed by atoms with E-state index in [0.717, 1.165) is 22.9 Å². The number of carbonyl (C=O) groups excluding carboxylic acids is 2. The van der Waals surface area contributed by atoms with Gasteiger partial charge in [0, 0.05) is 24.4 Å². The zero-order chi connectivity index (χ0) is 30.1. The fourth-order valence-electron chi connectivity index (χ4n) is 5.54. The number of rotatable bonds is 9. The summed E-state index contributed by atoms with van der Waals surface area (Å²) >= 11 is 0. The van der Waals surface area contributed by atoms with Crippen molar-refractivity contribution in [2.45, 2.75) is 56.3 Å². The van der Waals surface area contributed by atoms with E-state index in [-0.39, 0.29) is 25.3 Å². The number of hydrogen-bond acceptors (Lipinski definition) is 8. The Morgan fingerprint density at radius 2 is 1.83 bits per heavy atom. The summed E-state index contributed by atoms with van der Waals surface area (Å²) in [7, 11) is 0. The van der Waals surface area contributed by atoms with Gasteiger partial charge < -0.3 is 37.2 Å². The van der Waals surface area contributed by atoms with E-state index in [4.69, 9.17) is 11.5 Å². The van der Waals surface area contributed by atoms with Crippen LogP contribution in [0.2, 0.25) is 0 Å². The Morgan fingerprint density at radius 3 is 2.57 bits per heavy atom. The van der Waals surface area contributed by atoms with E-state index in [1.807, 2.05) is 60.7 Å². The summed E-state index contributed by atoms with van der Waals surface area (Å²) in [5, 5.41) is 26.8. The molecule has 3 aromatic rings. The average Bonchev–Trinajstić information content (AvgIpc) is 3.64. The lowest BCUT2D eigenvalue weighted by atomic mass is 10.0. The van der Waals surface area contributed by atoms with Gasteiger partial charge in [-0.15, -0.1) is 0 Å². The van der Waals surface area contributed by atoms with Crippen molar-refractivity contribution in [1.82, 2.24) is 20.5 Å². The average molecular weight is 577 g/mol. The van der Waals surface area contributed by atoms with Crippen LogP contribution in [0.1, 0.15) is 31.2 Å². The first kappa shape index (κ1) is 30.9. The van der Waals surface area contributed by atoms with Gasteiger partial charge in [0.05, 0.1) is 23.4 Å². The number of nitrogens with two attached hydrogens (primary N) is 2. The molecule has 11 heteroatoms. The van der Waals surface area contributed by atoms with Crippen LogP contribution in [-0.4, -0.2) is 81.7 Å². The van der Waals surface area contributed by atoms with Crippen molar-refractivity contribution in [3.8, 4) is 0 Å². The van der Waals surface area contributed by atoms with Crippen molar-refractivity contribution < 1.29 is 24.6 Å². The van der Waals surface area contributed by atoms with Crippen molar-refractivity contribution >= 4 is 34.4 Å². The second-order valence-electron chi connectivity index (χ2n) is 10.9. The number of benzene rings is 2. The number of aryl methyl sites for hydroxylation is 1. The van der Waals surface area contributed by atoms with E-state index < -0.39 is 36.1 Å². The minimum atomic E-state index is -1.19. The fourth-order valence-corrected chi connectivity index (χ4v) is 5.54. The number of anilines is 1. The quantitative estimate of drug-likeness (QED) is 0.218. The third kappa shape index (κ3) is 8.25. The highest BCUT2D eigenvalue weighted by molar-refractivity contribution is 5.88. The maximum absolute atomic E-state index is 12.9. The summed E-state index contributed by atoms with van der Waals surface area (Å²) in [4.78, 5) is 42.6. The van der Waals surface area contributed by atoms with Crippen LogP contribution in [0.15, 0.2) is 66.9 Å². The largest absolute Gasteiger partial charge is 0.480 e. The molecule has 0 aliphatic carbocycles. The molecule has 2 amide bonds. The SMILES string of the molecule is NCCC1CN[C@H](C(=O)N2C[C@H](NC(=O)[C@H](O)CCc3ccccc3)C[C@H]2C(=O)O)C1.Nc1cnc2ccccc2c1. The van der Waals surface area contributed by atoms with Crippen molar-refractivity contribution in [2.24, 2.45) is 11.7 Å². The van der Waals surface area contributed by atoms with Gasteiger partial charge in [-0.05, 0) is 62.4 Å². The van der Waals surface area contributed by atoms with Crippen LogP contribution in [0.4, 0.5) is 5.69 Å². The van der Waals surface area contributed by atoms with E-state index in [2.05, 4.69) is 15.6 Å². The molecule has 5 atom stereocenters. The molecule has 11 nitrogen and oxygen atoms in total. The number of aromatic nitrogens is 1. The number of aliphatic carboxylic acids is 1. The molecular formula is C31H40N6O5. The Kier molecular flexibility index (Phi) is 10.8. The van der Waals surface area contributed by atoms with E-state index in [1.54, 1.807) is 6.20 Å². The number of nitrogen functional groups attached to an aromatic ring is 1. The number of carbonyl (C=O) groups is 3. The third-order valence-corrected chi connectivity index (χ3v) is 7.77. The molecule has 8 N–H and O–H groups in total. The highest BCUT2D eigenvalue weighted by atomic mass is 16.4. The summed E-state index contributed by atoms with van der Waals surface area (Å²) in [6.07, 6.45) is 2.87. The number of aliphatic hydroxyl groups excluding tert-OH is 1. The van der Waals surface area contributed by atoms with Gasteiger partial charge in [0.15, 0.2) is 0 Å². The Morgan fingerprint density at radius 1 is 1.10 bits per heavy atom. The van der Waals surface area contributed by atoms with Crippen LogP contribution >= 0.6 is 0 Å². The van der Waals surface area contributed by atoms with Crippen molar-refractivity contribution in [1.29, 1.82) is 0 Å². The smallest absolute Gasteiger partial charge is 0.326 e. The second kappa shape index (κ2) is 14.7. The zero-order valence-electron chi connectivity index (χ0n) is 23.6. The number of likely N-dealkylation sites (tertiary alicyclic amines) is 1. The van der Waals surface area contributed by atoms with Crippen LogP contribution in [0.25, 0.3) is 10.9 Å². The van der Waals surface area contributed by atoms with Crippen molar-refractivity contribution in [3.63, 3.8) is 0 Å². The number of aliphatic hydroxyl groups is 1. The van der Waals surface area contributed by atoms with E-state index in [1.165, 1.54) is 4.90 Å². The van der Waals surface area contributed by atoms with E-state index in [9.17, 15) is 24.6 Å². The van der Waals surface area contributed by atoms with Gasteiger partial charge in [0.1, 0.15) is 12.1 Å². The number of para-hydroxylation sites is 1. The lowest BCUT2D eigenvalue weighted by molar-refractivity contribution is -0.148. The minimum Gasteiger partial charge on any atom is -0.480 e. The molecule has 2 fully saturated rings. The standard InChI is InChI=1S/C22H32N4O5.C9H8N2/c23-9-8-15-10-17(24-12-15)21(29)26-13-16(11-18(26)22(30)31)25-20(28)19(27)7-6-14-4-2-1-3-5-14;10-8-5-7-3-1-2-4-9(7)11-6-8/h1-5,15-19,24,27H,6-13,23H2,(H,25,28)(H,30,31);1-6H,10H2/t15?,16-,17+,18+,19-;/m1./s1. The van der Waals surface area contributed by atoms with Crippen LogP contribution in [0, 0.1) is 5.92 Å². The number of carboxylic acid groups (broad SMARTS) is 1. The minimum absolute atomic E-state index is 0.118. The predicted octanol–water partition coefficient (Wildman–Crippen LogP) is 1.29. The Bertz CT molecular complexity index is 1360. The lowest BCUT2D eigenvalue weighted by Gasteiger charge is -2.25. The number of hydrogen-bond donors (Lipinski definition) is 6. The second-order valence-corrected chi connectivity index (χ2v) is 10.9. The molecule has 0 saturated carbocycles. The molecule has 1 unspecified atom stereocenters. The number of pyridine rings is 1. The molecule has 0 spiro atoms. The molecular weight excluding hydrogens is 536 g/mol. The molecule has 2 saturated heterocycles. The van der Waals surface area contributed by atoms with Gasteiger partial charge in [-0.1, -0.05) is 48.5 Å². The summed E-state index contributed by atoms with van der Waals surface area (Å²) in [5.74, 6) is -1.58. The number of carboxylic acids is 1. The Balaban J connectivity index is 0.000000305. The lowest BCUT2D eigenvalue weighted by Crippen LogP contribution is -2.49. The van der Waals surface area contributed by atoms with Crippen molar-refractivity contribution in [3.05, 3.63) is 72.4 Å². The molecule has 224 valence electrons. The maximum Gasteiger partial charge on any atom is 0.326 e.